The van der Waals surface area contributed by atoms with Crippen molar-refractivity contribution in [2.24, 2.45) is 0 Å². The molecule has 0 saturated heterocycles. The Balaban J connectivity index is 1.44. The summed E-state index contributed by atoms with van der Waals surface area (Å²) in [5.74, 6) is 0. The molecule has 0 spiro atoms. The highest BCUT2D eigenvalue weighted by Gasteiger charge is 2.23. The molecule has 3 heteroatoms. The van der Waals surface area contributed by atoms with E-state index in [0.717, 1.165) is 10.1 Å². The van der Waals surface area contributed by atoms with Crippen molar-refractivity contribution in [1.82, 2.24) is 9.13 Å². The fourth-order valence-electron chi connectivity index (χ4n) is 7.11. The van der Waals surface area contributed by atoms with Crippen LogP contribution in [0.15, 0.2) is 186 Å². The van der Waals surface area contributed by atoms with Crippen molar-refractivity contribution in [1.29, 1.82) is 0 Å². The Hall–Kier alpha value is -6.84. The third-order valence-corrected chi connectivity index (χ3v) is 9.21. The average Bonchev–Trinajstić information content (AvgIpc) is 4.03. The zero-order valence-electron chi connectivity index (χ0n) is 45.2. The molecule has 0 unspecified atom stereocenters. The van der Waals surface area contributed by atoms with Gasteiger partial charge in [-0.3, -0.25) is 0 Å². The zero-order valence-corrected chi connectivity index (χ0v) is 26.2. The second-order valence-electron chi connectivity index (χ2n) is 11.9. The maximum absolute atomic E-state index is 9.70. The van der Waals surface area contributed by atoms with Crippen molar-refractivity contribution >= 4 is 65.6 Å². The van der Waals surface area contributed by atoms with E-state index in [1.807, 2.05) is 48.5 Å². The van der Waals surface area contributed by atoms with E-state index in [2.05, 4.69) is 0 Å². The predicted octanol–water partition coefficient (Wildman–Crippen LogP) is 13.1. The van der Waals surface area contributed by atoms with Crippen LogP contribution in [0, 0.1) is 0 Å². The van der Waals surface area contributed by atoms with Crippen LogP contribution in [0.2, 0.25) is 0 Å². The van der Waals surface area contributed by atoms with Crippen LogP contribution in [0.5, 0.6) is 0 Å². The van der Waals surface area contributed by atoms with Gasteiger partial charge in [0.05, 0.1) is 53.8 Å². The van der Waals surface area contributed by atoms with E-state index in [1.54, 1.807) is 18.2 Å². The standard InChI is InChI=1S/C48H30N2O/c1-3-15-31(16-4-1)32-29-39-34-19-9-12-28-45(34)51-48(39)44(30-32)50-41-25-11-8-21-38(41)47-36(23-14-27-43(47)50)35-22-13-26-42-46(35)37-20-7-10-24-40(37)49(42)33-17-5-2-6-18-33/h1-30H/i2D,5D,6D,7D,8D,10D,11D,13D,14D,17D,18D,20D,21D,22D,23D,24D,25D,26D,27D. The molecule has 0 bridgehead atoms. The fraction of sp³-hybridized carbons (Fsp3) is 0. The lowest BCUT2D eigenvalue weighted by atomic mass is 9.95. The molecule has 8 aromatic carbocycles. The Kier molecular flexibility index (Phi) is 3.26. The van der Waals surface area contributed by atoms with Crippen LogP contribution in [0.1, 0.15) is 26.0 Å². The summed E-state index contributed by atoms with van der Waals surface area (Å²) >= 11 is 0. The van der Waals surface area contributed by atoms with Gasteiger partial charge in [0, 0.05) is 38.0 Å². The van der Waals surface area contributed by atoms with Gasteiger partial charge in [-0.2, -0.15) is 0 Å². The number of para-hydroxylation sites is 4. The average molecular weight is 670 g/mol. The van der Waals surface area contributed by atoms with Gasteiger partial charge in [0.2, 0.25) is 0 Å². The molecule has 11 aromatic rings. The molecular formula is C48H30N2O. The number of rotatable bonds is 4. The number of benzene rings is 8. The third-order valence-electron chi connectivity index (χ3n) is 9.21. The first-order chi connectivity index (χ1) is 33.2. The molecule has 0 radical (unpaired) electrons. The van der Waals surface area contributed by atoms with Gasteiger partial charge in [0.15, 0.2) is 5.58 Å². The minimum absolute atomic E-state index is 0.153. The van der Waals surface area contributed by atoms with E-state index in [1.165, 1.54) is 4.57 Å². The van der Waals surface area contributed by atoms with Gasteiger partial charge in [-0.05, 0) is 76.7 Å². The van der Waals surface area contributed by atoms with E-state index < -0.39 is 153 Å². The lowest BCUT2D eigenvalue weighted by Gasteiger charge is -2.12. The van der Waals surface area contributed by atoms with Crippen LogP contribution in [-0.2, 0) is 0 Å². The molecule has 0 aliphatic rings. The van der Waals surface area contributed by atoms with Crippen molar-refractivity contribution < 1.29 is 30.5 Å². The van der Waals surface area contributed by atoms with Gasteiger partial charge in [-0.25, -0.2) is 0 Å². The Labute approximate surface area is 320 Å². The second kappa shape index (κ2) is 10.8. The topological polar surface area (TPSA) is 23.0 Å². The van der Waals surface area contributed by atoms with Crippen molar-refractivity contribution in [2.75, 3.05) is 0 Å². The van der Waals surface area contributed by atoms with Crippen LogP contribution in [0.3, 0.4) is 0 Å². The summed E-state index contributed by atoms with van der Waals surface area (Å²) < 4.78 is 182. The Morgan fingerprint density at radius 3 is 1.75 bits per heavy atom. The van der Waals surface area contributed by atoms with Gasteiger partial charge in [0.25, 0.3) is 0 Å². The molecule has 51 heavy (non-hydrogen) atoms. The number of hydrogen-bond acceptors (Lipinski definition) is 1. The number of furan rings is 1. The van der Waals surface area contributed by atoms with Gasteiger partial charge < -0.3 is 13.6 Å². The monoisotopic (exact) mass is 669 g/mol. The number of fused-ring (bicyclic) bond motifs is 9. The second-order valence-corrected chi connectivity index (χ2v) is 11.9. The molecule has 0 atom stereocenters. The van der Waals surface area contributed by atoms with Crippen LogP contribution in [0.4, 0.5) is 0 Å². The molecule has 238 valence electrons. The highest BCUT2D eigenvalue weighted by Crippen LogP contribution is 2.45. The van der Waals surface area contributed by atoms with Gasteiger partial charge in [-0.1, -0.05) is 127 Å². The number of hydrogen-bond donors (Lipinski definition) is 0. The summed E-state index contributed by atoms with van der Waals surface area (Å²) in [4.78, 5) is 0. The summed E-state index contributed by atoms with van der Waals surface area (Å²) in [6, 6.07) is 5.22. The molecule has 0 aliphatic heterocycles. The van der Waals surface area contributed by atoms with Crippen LogP contribution >= 0.6 is 0 Å². The molecule has 0 fully saturated rings. The first-order valence-corrected chi connectivity index (χ1v) is 15.9. The molecule has 3 aromatic heterocycles. The van der Waals surface area contributed by atoms with Gasteiger partial charge in [0.1, 0.15) is 5.58 Å². The zero-order chi connectivity index (χ0) is 50.0. The lowest BCUT2D eigenvalue weighted by Crippen LogP contribution is -1.96. The quantitative estimate of drug-likeness (QED) is 0.183. The Bertz CT molecular complexity index is 4200. The Morgan fingerprint density at radius 2 is 1.02 bits per heavy atom. The van der Waals surface area contributed by atoms with Crippen LogP contribution in [0.25, 0.3) is 99.2 Å². The highest BCUT2D eigenvalue weighted by molar-refractivity contribution is 6.23. The van der Waals surface area contributed by atoms with Crippen LogP contribution in [-0.4, -0.2) is 9.13 Å². The summed E-state index contributed by atoms with van der Waals surface area (Å²) in [6.45, 7) is 0. The molecule has 0 saturated carbocycles. The minimum Gasteiger partial charge on any atom is -0.454 e. The first kappa shape index (κ1) is 15.4. The summed E-state index contributed by atoms with van der Waals surface area (Å²) in [7, 11) is 0. The van der Waals surface area contributed by atoms with Gasteiger partial charge >= 0.3 is 0 Å². The minimum atomic E-state index is -0.881. The molecule has 0 N–H and O–H groups in total. The SMILES string of the molecule is [2H]c1c([2H])c([2H])c(-n2c3c([2H])c([2H])c([2H])c([2H])c3c3c(-c4c([2H])c([2H])c([2H])c5c4c4c([2H])c([2H])c([2H])c([2H])c4n5-c4cc(-c5ccccc5)cc5c4oc4ccccc45)c([2H])c([2H])c([2H])c32)c([2H])c1[2H]. The lowest BCUT2D eigenvalue weighted by molar-refractivity contribution is 0.666. The van der Waals surface area contributed by atoms with Crippen molar-refractivity contribution in [2.45, 2.75) is 0 Å². The molecule has 3 heterocycles. The number of aromatic nitrogens is 2. The maximum atomic E-state index is 9.70. The summed E-state index contributed by atoms with van der Waals surface area (Å²) in [5, 5.41) is -0.215. The van der Waals surface area contributed by atoms with Crippen molar-refractivity contribution in [3.8, 4) is 33.6 Å². The number of nitrogens with zero attached hydrogens (tertiary/aromatic N) is 2. The third kappa shape index (κ3) is 4.06. The Morgan fingerprint density at radius 1 is 0.431 bits per heavy atom. The first-order valence-electron chi connectivity index (χ1n) is 25.4. The van der Waals surface area contributed by atoms with Crippen LogP contribution < -0.4 is 0 Å². The van der Waals surface area contributed by atoms with E-state index in [-0.39, 0.29) is 33.1 Å². The highest BCUT2D eigenvalue weighted by atomic mass is 16.3. The molecule has 0 aliphatic carbocycles. The predicted molar refractivity (Wildman–Crippen MR) is 213 cm³/mol. The smallest absolute Gasteiger partial charge is 0.159 e. The molecule has 3 nitrogen and oxygen atoms in total. The largest absolute Gasteiger partial charge is 0.454 e. The maximum Gasteiger partial charge on any atom is 0.159 e. The van der Waals surface area contributed by atoms with E-state index in [4.69, 9.17) is 16.8 Å². The molecule has 11 rings (SSSR count). The summed E-state index contributed by atoms with van der Waals surface area (Å²) in [6.07, 6.45) is 0. The normalized spacial score (nSPS) is 17.1. The van der Waals surface area contributed by atoms with E-state index in [0.29, 0.717) is 21.9 Å². The van der Waals surface area contributed by atoms with Crippen molar-refractivity contribution in [3.05, 3.63) is 182 Å². The van der Waals surface area contributed by atoms with Crippen molar-refractivity contribution in [3.63, 3.8) is 0 Å². The van der Waals surface area contributed by atoms with Gasteiger partial charge in [-0.15, -0.1) is 0 Å². The molecular weight excluding hydrogens is 621 g/mol. The van der Waals surface area contributed by atoms with E-state index >= 15 is 0 Å². The summed E-state index contributed by atoms with van der Waals surface area (Å²) in [5.41, 5.74) is -1.05. The van der Waals surface area contributed by atoms with E-state index in [9.17, 15) is 13.7 Å². The fourth-order valence-corrected chi connectivity index (χ4v) is 7.11. The molecule has 0 amide bonds.